The molecule has 9 heteroatoms. The molecular weight excluding hydrogens is 489 g/mol. The Balaban J connectivity index is 1.71. The van der Waals surface area contributed by atoms with Gasteiger partial charge in [0.2, 0.25) is 0 Å². The van der Waals surface area contributed by atoms with Crippen LogP contribution in [-0.4, -0.2) is 16.6 Å². The predicted molar refractivity (Wildman–Crippen MR) is 137 cm³/mol. The lowest BCUT2D eigenvalue weighted by atomic mass is 10.1. The van der Waals surface area contributed by atoms with Crippen LogP contribution in [0.2, 0.25) is 5.02 Å². The molecule has 5 nitrogen and oxygen atoms in total. The lowest BCUT2D eigenvalue weighted by Crippen LogP contribution is -2.15. The molecule has 4 rings (SSSR count). The van der Waals surface area contributed by atoms with Gasteiger partial charge in [0, 0.05) is 34.2 Å². The summed E-state index contributed by atoms with van der Waals surface area (Å²) in [5, 5.41) is 5.86. The highest BCUT2D eigenvalue weighted by Gasteiger charge is 2.34. The van der Waals surface area contributed by atoms with Crippen LogP contribution >= 0.6 is 11.6 Å². The zero-order valence-corrected chi connectivity index (χ0v) is 20.0. The fourth-order valence-electron chi connectivity index (χ4n) is 3.60. The van der Waals surface area contributed by atoms with Gasteiger partial charge in [-0.1, -0.05) is 29.3 Å². The maximum Gasteiger partial charge on any atom is 0.418 e. The molecule has 0 aliphatic carbocycles. The number of carbonyl (C=O) groups is 1. The summed E-state index contributed by atoms with van der Waals surface area (Å²) in [5.74, 6) is -0.395. The molecule has 1 aliphatic rings. The summed E-state index contributed by atoms with van der Waals surface area (Å²) in [6.07, 6.45) is 4.06. The van der Waals surface area contributed by atoms with E-state index in [0.29, 0.717) is 22.0 Å². The zero-order valence-electron chi connectivity index (χ0n) is 19.2. The topological polar surface area (TPSA) is 66.4 Å². The van der Waals surface area contributed by atoms with Gasteiger partial charge < -0.3 is 10.6 Å². The number of aliphatic imine (C=N–C) groups is 1. The van der Waals surface area contributed by atoms with Crippen molar-refractivity contribution in [2.24, 2.45) is 4.99 Å². The first kappa shape index (κ1) is 25.2. The van der Waals surface area contributed by atoms with Crippen molar-refractivity contribution in [2.45, 2.75) is 25.9 Å². The molecule has 0 bridgehead atoms. The number of halogens is 4. The van der Waals surface area contributed by atoms with Crippen LogP contribution in [0.1, 0.15) is 41.3 Å². The van der Waals surface area contributed by atoms with Crippen LogP contribution in [0, 0.1) is 0 Å². The van der Waals surface area contributed by atoms with Gasteiger partial charge in [-0.3, -0.25) is 9.79 Å². The summed E-state index contributed by atoms with van der Waals surface area (Å²) >= 11 is 5.96. The second-order valence-corrected chi connectivity index (χ2v) is 8.61. The normalized spacial score (nSPS) is 17.6. The Hall–Kier alpha value is -3.91. The van der Waals surface area contributed by atoms with Gasteiger partial charge in [0.25, 0.3) is 5.91 Å². The van der Waals surface area contributed by atoms with Gasteiger partial charge >= 0.3 is 6.18 Å². The van der Waals surface area contributed by atoms with Crippen LogP contribution in [0.3, 0.4) is 0 Å². The van der Waals surface area contributed by atoms with Crippen LogP contribution < -0.4 is 10.6 Å². The molecule has 1 amide bonds. The van der Waals surface area contributed by atoms with E-state index in [-0.39, 0.29) is 17.1 Å². The molecule has 0 fully saturated rings. The summed E-state index contributed by atoms with van der Waals surface area (Å²) < 4.78 is 41.6. The first-order chi connectivity index (χ1) is 17.2. The Morgan fingerprint density at radius 2 is 1.92 bits per heavy atom. The Labute approximate surface area is 211 Å². The van der Waals surface area contributed by atoms with Crippen molar-refractivity contribution in [1.82, 2.24) is 4.98 Å². The van der Waals surface area contributed by atoms with E-state index in [1.807, 2.05) is 19.1 Å². The number of carbonyl (C=O) groups excluding carboxylic acids is 1. The third kappa shape index (κ3) is 6.20. The maximum atomic E-state index is 13.9. The molecule has 0 saturated carbocycles. The minimum Gasteiger partial charge on any atom is -0.339 e. The molecule has 184 valence electrons. The van der Waals surface area contributed by atoms with Crippen molar-refractivity contribution in [3.05, 3.63) is 106 Å². The fourth-order valence-corrected chi connectivity index (χ4v) is 3.79. The Morgan fingerprint density at radius 1 is 1.08 bits per heavy atom. The van der Waals surface area contributed by atoms with Crippen LogP contribution in [0.15, 0.2) is 89.7 Å². The first-order valence-corrected chi connectivity index (χ1v) is 11.5. The quantitative estimate of drug-likeness (QED) is 0.368. The Kier molecular flexibility index (Phi) is 7.55. The van der Waals surface area contributed by atoms with Gasteiger partial charge in [-0.25, -0.2) is 4.98 Å². The Morgan fingerprint density at radius 3 is 2.69 bits per heavy atom. The van der Waals surface area contributed by atoms with Crippen LogP contribution in [0.25, 0.3) is 0 Å². The average Bonchev–Trinajstić information content (AvgIpc) is 2.82. The van der Waals surface area contributed by atoms with Crippen molar-refractivity contribution in [1.29, 1.82) is 0 Å². The largest absolute Gasteiger partial charge is 0.418 e. The number of allylic oxidation sites excluding steroid dienone is 3. The molecule has 2 heterocycles. The van der Waals surface area contributed by atoms with Crippen LogP contribution in [0.5, 0.6) is 0 Å². The molecule has 1 aliphatic heterocycles. The van der Waals surface area contributed by atoms with Crippen molar-refractivity contribution in [2.75, 3.05) is 10.6 Å². The molecule has 0 atom stereocenters. The van der Waals surface area contributed by atoms with Gasteiger partial charge in [-0.05, 0) is 74.4 Å². The number of anilines is 3. The fraction of sp³-hybridized carbons (Fsp3) is 0.148. The van der Waals surface area contributed by atoms with E-state index in [1.54, 1.807) is 42.6 Å². The second-order valence-electron chi connectivity index (χ2n) is 8.18. The number of pyridine rings is 1. The van der Waals surface area contributed by atoms with Gasteiger partial charge in [-0.15, -0.1) is 0 Å². The zero-order chi connectivity index (χ0) is 25.7. The molecular formula is C27H22ClF3N4O. The summed E-state index contributed by atoms with van der Waals surface area (Å²) in [5.41, 5.74) is 1.41. The highest BCUT2D eigenvalue weighted by atomic mass is 35.5. The SMILES string of the molecule is C\C1=C/N=C(c2cccnc2Nc2cc(C(=O)Nc3cccc(Cl)c3)ccc2C(F)(F)F)\C=C/CC1. The van der Waals surface area contributed by atoms with Gasteiger partial charge in [0.1, 0.15) is 5.82 Å². The molecule has 0 saturated heterocycles. The van der Waals surface area contributed by atoms with Gasteiger partial charge in [0.05, 0.1) is 17.0 Å². The number of rotatable bonds is 5. The number of amides is 1. The molecule has 3 aromatic rings. The smallest absolute Gasteiger partial charge is 0.339 e. The number of nitrogens with one attached hydrogen (secondary N) is 2. The third-order valence-electron chi connectivity index (χ3n) is 5.41. The van der Waals surface area contributed by atoms with Crippen LogP contribution in [0.4, 0.5) is 30.4 Å². The van der Waals surface area contributed by atoms with E-state index in [2.05, 4.69) is 20.6 Å². The highest BCUT2D eigenvalue weighted by Crippen LogP contribution is 2.37. The number of hydrogen-bond acceptors (Lipinski definition) is 4. The Bertz CT molecular complexity index is 1380. The van der Waals surface area contributed by atoms with E-state index in [9.17, 15) is 18.0 Å². The van der Waals surface area contributed by atoms with E-state index in [4.69, 9.17) is 11.6 Å². The molecule has 0 radical (unpaired) electrons. The van der Waals surface area contributed by atoms with E-state index in [0.717, 1.165) is 36.6 Å². The summed E-state index contributed by atoms with van der Waals surface area (Å²) in [6.45, 7) is 1.97. The van der Waals surface area contributed by atoms with Gasteiger partial charge in [-0.2, -0.15) is 13.2 Å². The summed E-state index contributed by atoms with van der Waals surface area (Å²) in [7, 11) is 0. The molecule has 2 aromatic carbocycles. The number of benzene rings is 2. The lowest BCUT2D eigenvalue weighted by molar-refractivity contribution is -0.136. The maximum absolute atomic E-state index is 13.9. The first-order valence-electron chi connectivity index (χ1n) is 11.1. The van der Waals surface area contributed by atoms with Crippen LogP contribution in [-0.2, 0) is 6.18 Å². The van der Waals surface area contributed by atoms with Gasteiger partial charge in [0.15, 0.2) is 0 Å². The van der Waals surface area contributed by atoms with Crippen molar-refractivity contribution in [3.63, 3.8) is 0 Å². The lowest BCUT2D eigenvalue weighted by Gasteiger charge is -2.17. The van der Waals surface area contributed by atoms with E-state index < -0.39 is 17.6 Å². The third-order valence-corrected chi connectivity index (χ3v) is 5.65. The molecule has 1 aromatic heterocycles. The number of alkyl halides is 3. The second kappa shape index (κ2) is 10.8. The summed E-state index contributed by atoms with van der Waals surface area (Å²) in [6, 6.07) is 13.0. The van der Waals surface area contributed by atoms with Crippen molar-refractivity contribution < 1.29 is 18.0 Å². The number of nitrogens with zero attached hydrogens (tertiary/aromatic N) is 2. The monoisotopic (exact) mass is 510 g/mol. The van der Waals surface area contributed by atoms with E-state index in [1.165, 1.54) is 6.20 Å². The van der Waals surface area contributed by atoms with E-state index >= 15 is 0 Å². The standard InChI is InChI=1S/C27H22ClF3N4O/c1-17-6-2-3-10-23(33-16-17)21-9-5-13-32-25(21)35-24-14-18(11-12-22(24)27(29,30)31)26(36)34-20-8-4-7-19(28)15-20/h3-5,7-16H,2,6H2,1H3,(H,32,35)(H,34,36)/b10-3-,17-16+,33-23+. The molecule has 0 unspecified atom stereocenters. The van der Waals surface area contributed by atoms with Crippen molar-refractivity contribution >= 4 is 40.4 Å². The number of aromatic nitrogens is 1. The molecule has 2 N–H and O–H groups in total. The predicted octanol–water partition coefficient (Wildman–Crippen LogP) is 7.79. The minimum absolute atomic E-state index is 0.0321. The average molecular weight is 511 g/mol. The highest BCUT2D eigenvalue weighted by molar-refractivity contribution is 6.31. The minimum atomic E-state index is -4.66. The van der Waals surface area contributed by atoms with Crippen molar-refractivity contribution in [3.8, 4) is 0 Å². The molecule has 36 heavy (non-hydrogen) atoms. The number of hydrogen-bond donors (Lipinski definition) is 2. The molecule has 0 spiro atoms. The summed E-state index contributed by atoms with van der Waals surface area (Å²) in [4.78, 5) is 21.6.